The van der Waals surface area contributed by atoms with E-state index in [1.807, 2.05) is 36.5 Å². The van der Waals surface area contributed by atoms with Gasteiger partial charge in [0.05, 0.1) is 28.6 Å². The van der Waals surface area contributed by atoms with Crippen LogP contribution in [-0.2, 0) is 20.1 Å². The molecule has 4 heterocycles. The molecule has 5 aromatic carbocycles. The molecule has 0 saturated carbocycles. The van der Waals surface area contributed by atoms with Crippen molar-refractivity contribution in [2.75, 3.05) is 0 Å². The number of fused-ring (bicyclic) bond motifs is 4. The first-order valence-corrected chi connectivity index (χ1v) is 27.2. The second-order valence-corrected chi connectivity index (χ2v) is 27.2. The van der Waals surface area contributed by atoms with E-state index >= 15 is 0 Å². The summed E-state index contributed by atoms with van der Waals surface area (Å²) in [6, 6.07) is 38.0. The number of pyridine rings is 2. The van der Waals surface area contributed by atoms with Crippen molar-refractivity contribution in [2.45, 2.75) is 77.4 Å². The SMILES string of the molecule is [2H]C([2H])([2H])c1c[c-]c(-c2cc[c]([Ge]([CH3])([CH3])[CH3])cn2)cc1.[2H]C([2H])([2H])c1ccc2c(c1)oc1c(-c3nc4ccncc4n3-c3c(C(C)C)cc(-c4ccccc4)cc3C(C)C)[c-]cc(C([2H])([2H])[2H])c12.[Ir]. The van der Waals surface area contributed by atoms with Crippen molar-refractivity contribution in [3.8, 4) is 39.5 Å². The zero-order valence-electron chi connectivity index (χ0n) is 43.7. The number of nitrogens with zero attached hydrogens (tertiary/aromatic N) is 4. The third kappa shape index (κ3) is 8.43. The van der Waals surface area contributed by atoms with Gasteiger partial charge in [0.1, 0.15) is 5.58 Å². The van der Waals surface area contributed by atoms with Crippen LogP contribution in [0.1, 0.15) is 79.7 Å². The molecule has 0 unspecified atom stereocenters. The van der Waals surface area contributed by atoms with Crippen LogP contribution in [0.4, 0.5) is 0 Å². The Balaban J connectivity index is 0.000000281. The summed E-state index contributed by atoms with van der Waals surface area (Å²) in [5.74, 6) is 7.77. The monoisotopic (exact) mass is 1040 g/mol. The molecule has 305 valence electrons. The van der Waals surface area contributed by atoms with E-state index < -0.39 is 33.8 Å². The third-order valence-corrected chi connectivity index (χ3v) is 14.9. The van der Waals surface area contributed by atoms with Crippen LogP contribution >= 0.6 is 0 Å². The van der Waals surface area contributed by atoms with E-state index in [2.05, 4.69) is 102 Å². The Bertz CT molecular complexity index is 3190. The van der Waals surface area contributed by atoms with Gasteiger partial charge in [-0.05, 0) is 70.8 Å². The maximum atomic E-state index is 8.34. The van der Waals surface area contributed by atoms with Crippen molar-refractivity contribution in [1.29, 1.82) is 0 Å². The topological polar surface area (TPSA) is 56.7 Å². The Kier molecular flexibility index (Phi) is 9.49. The average Bonchev–Trinajstić information content (AvgIpc) is 3.86. The summed E-state index contributed by atoms with van der Waals surface area (Å²) in [4.78, 5) is 14.1. The van der Waals surface area contributed by atoms with Crippen molar-refractivity contribution < 1.29 is 36.9 Å². The van der Waals surface area contributed by atoms with E-state index in [0.29, 0.717) is 33.2 Å². The Morgan fingerprint density at radius 3 is 2.13 bits per heavy atom. The molecule has 0 atom stereocenters. The van der Waals surface area contributed by atoms with Crippen molar-refractivity contribution in [3.05, 3.63) is 162 Å². The van der Waals surface area contributed by atoms with Gasteiger partial charge in [-0.2, -0.15) is 0 Å². The van der Waals surface area contributed by atoms with Gasteiger partial charge in [0.25, 0.3) is 0 Å². The quantitative estimate of drug-likeness (QED) is 0.118. The van der Waals surface area contributed by atoms with Gasteiger partial charge in [0.2, 0.25) is 0 Å². The number of imidazole rings is 1. The summed E-state index contributed by atoms with van der Waals surface area (Å²) >= 11 is -1.83. The van der Waals surface area contributed by atoms with Crippen LogP contribution in [0.2, 0.25) is 17.3 Å². The number of rotatable bonds is 7. The summed E-state index contributed by atoms with van der Waals surface area (Å²) in [6.45, 7) is 1.78. The maximum Gasteiger partial charge on any atom is 0.121 e. The molecule has 9 rings (SSSR count). The largest absolute Gasteiger partial charge is 0.501 e. The average molecular weight is 1030 g/mol. The van der Waals surface area contributed by atoms with Gasteiger partial charge in [-0.3, -0.25) is 9.97 Å². The van der Waals surface area contributed by atoms with Gasteiger partial charge >= 0.3 is 110 Å². The first-order chi connectivity index (χ1) is 31.9. The van der Waals surface area contributed by atoms with Gasteiger partial charge in [-0.15, -0.1) is 17.7 Å². The molecule has 1 radical (unpaired) electrons. The van der Waals surface area contributed by atoms with Gasteiger partial charge in [0, 0.05) is 45.6 Å². The molecule has 0 N–H and O–H groups in total. The number of hydrogen-bond donors (Lipinski definition) is 0. The van der Waals surface area contributed by atoms with Gasteiger partial charge in [-0.1, -0.05) is 88.0 Å². The summed E-state index contributed by atoms with van der Waals surface area (Å²) in [6.07, 6.45) is 5.43. The molecule has 0 bridgehead atoms. The smallest absolute Gasteiger partial charge is 0.121 e. The first-order valence-electron chi connectivity index (χ1n) is 24.4. The van der Waals surface area contributed by atoms with E-state index in [4.69, 9.17) is 21.7 Å². The van der Waals surface area contributed by atoms with E-state index in [-0.39, 0.29) is 54.2 Å². The molecular formula is C53H52GeIrN4O-2. The van der Waals surface area contributed by atoms with Crippen LogP contribution in [0.25, 0.3) is 72.4 Å². The Morgan fingerprint density at radius 1 is 0.750 bits per heavy atom. The molecule has 0 saturated heterocycles. The standard InChI is InChI=1S/C38H34N3O.C15H18GeN.Ir/c1-22(2)30-19-27(26-10-8-7-9-11-26)20-31(23(3)4)36(30)41-33-21-39-17-16-32(33)40-38(41)29-15-13-25(6)35-28-14-12-24(5)18-34(28)42-37(29)35;1-12-5-7-13(8-6-12)15-10-9-14(11-17-15)16(2,3)4;/h7-14,16-23H,1-6H3;5-7,9-11H,1-4H3;/q2*-1;/i5D3,6D3;1D3;. The van der Waals surface area contributed by atoms with Crippen LogP contribution in [-0.4, -0.2) is 32.8 Å². The maximum absolute atomic E-state index is 8.34. The molecule has 0 aliphatic heterocycles. The Labute approximate surface area is 383 Å². The van der Waals surface area contributed by atoms with Crippen LogP contribution < -0.4 is 4.40 Å². The zero-order valence-corrected chi connectivity index (χ0v) is 39.2. The molecule has 7 heteroatoms. The fourth-order valence-corrected chi connectivity index (χ4v) is 9.67. The Morgan fingerprint density at radius 2 is 1.50 bits per heavy atom. The second kappa shape index (κ2) is 17.5. The zero-order chi connectivity index (χ0) is 49.1. The van der Waals surface area contributed by atoms with Crippen LogP contribution in [0.5, 0.6) is 0 Å². The van der Waals surface area contributed by atoms with E-state index in [0.717, 1.165) is 44.7 Å². The molecule has 60 heavy (non-hydrogen) atoms. The minimum absolute atomic E-state index is 0. The number of aromatic nitrogens is 4. The second-order valence-electron chi connectivity index (χ2n) is 16.6. The normalized spacial score (nSPS) is 14.5. The molecule has 0 aliphatic carbocycles. The van der Waals surface area contributed by atoms with Crippen LogP contribution in [0.3, 0.4) is 0 Å². The Hall–Kier alpha value is -5.14. The van der Waals surface area contributed by atoms with E-state index in [1.54, 1.807) is 30.6 Å². The number of benzene rings is 5. The summed E-state index contributed by atoms with van der Waals surface area (Å²) in [7, 11) is 0. The van der Waals surface area contributed by atoms with Crippen LogP contribution in [0, 0.1) is 32.7 Å². The number of hydrogen-bond acceptors (Lipinski definition) is 4. The minimum Gasteiger partial charge on any atom is -0.501 e. The molecule has 0 spiro atoms. The summed E-state index contributed by atoms with van der Waals surface area (Å²) < 4.78 is 80.8. The molecular weight excluding hydrogens is 973 g/mol. The van der Waals surface area contributed by atoms with Crippen molar-refractivity contribution in [1.82, 2.24) is 19.5 Å². The molecule has 0 aliphatic rings. The van der Waals surface area contributed by atoms with Crippen molar-refractivity contribution >= 4 is 50.6 Å². The minimum atomic E-state index is -2.47. The summed E-state index contributed by atoms with van der Waals surface area (Å²) in [5, 5.41) is 0.904. The van der Waals surface area contributed by atoms with Crippen molar-refractivity contribution in [3.63, 3.8) is 0 Å². The van der Waals surface area contributed by atoms with Crippen molar-refractivity contribution in [2.24, 2.45) is 0 Å². The van der Waals surface area contributed by atoms with E-state index in [1.165, 1.54) is 28.7 Å². The van der Waals surface area contributed by atoms with Gasteiger partial charge < -0.3 is 8.98 Å². The predicted molar refractivity (Wildman–Crippen MR) is 250 cm³/mol. The third-order valence-electron chi connectivity index (χ3n) is 10.7. The predicted octanol–water partition coefficient (Wildman–Crippen LogP) is 13.7. The fraction of sp³-hybridized carbons (Fsp3) is 0.226. The van der Waals surface area contributed by atoms with E-state index in [9.17, 15) is 0 Å². The molecule has 9 aromatic rings. The van der Waals surface area contributed by atoms with Gasteiger partial charge in [0.15, 0.2) is 0 Å². The number of aryl methyl sites for hydroxylation is 3. The molecule has 0 fully saturated rings. The van der Waals surface area contributed by atoms with Gasteiger partial charge in [-0.25, -0.2) is 0 Å². The first kappa shape index (κ1) is 32.6. The molecule has 4 aromatic heterocycles. The number of furan rings is 1. The summed E-state index contributed by atoms with van der Waals surface area (Å²) in [5.41, 5.74) is 10.1. The molecule has 5 nitrogen and oxygen atoms in total. The van der Waals surface area contributed by atoms with Crippen LogP contribution in [0.15, 0.2) is 126 Å². The molecule has 0 amide bonds. The fourth-order valence-electron chi connectivity index (χ4n) is 7.50.